The summed E-state index contributed by atoms with van der Waals surface area (Å²) >= 11 is 1.49. The minimum atomic E-state index is -0.203. The maximum Gasteiger partial charge on any atom is 0.319 e. The molecule has 0 atom stereocenters. The summed E-state index contributed by atoms with van der Waals surface area (Å²) < 4.78 is 0. The molecule has 1 fully saturated rings. The van der Waals surface area contributed by atoms with Crippen LogP contribution in [0.15, 0.2) is 29.8 Å². The Morgan fingerprint density at radius 1 is 1.30 bits per heavy atom. The van der Waals surface area contributed by atoms with Gasteiger partial charge in [0, 0.05) is 32.2 Å². The van der Waals surface area contributed by atoms with Crippen molar-refractivity contribution in [3.05, 3.63) is 29.8 Å². The lowest BCUT2D eigenvalue weighted by Gasteiger charge is -2.17. The van der Waals surface area contributed by atoms with Crippen LogP contribution in [-0.2, 0) is 0 Å². The van der Waals surface area contributed by atoms with E-state index in [-0.39, 0.29) is 6.03 Å². The predicted octanol–water partition coefficient (Wildman–Crippen LogP) is 2.37. The monoisotopic (exact) mass is 332 g/mol. The van der Waals surface area contributed by atoms with E-state index in [1.54, 1.807) is 6.20 Å². The van der Waals surface area contributed by atoms with Gasteiger partial charge in [0.2, 0.25) is 0 Å². The minimum Gasteiger partial charge on any atom is -0.370 e. The Kier molecular flexibility index (Phi) is 5.25. The first kappa shape index (κ1) is 15.5. The first-order valence-corrected chi connectivity index (χ1v) is 8.59. The standard InChI is InChI=1S/C15H20N6OS/c22-15(19-14-4-3-9-23-14)17-6-5-16-13-10-12(11-18-20-13)21-7-1-2-8-21/h3-4,9-11H,1-2,5-8H2,(H,16,20)(H2,17,19,22). The summed E-state index contributed by atoms with van der Waals surface area (Å²) in [5.41, 5.74) is 1.10. The Hall–Kier alpha value is -2.35. The second-order valence-electron chi connectivity index (χ2n) is 5.28. The normalized spacial score (nSPS) is 13.8. The van der Waals surface area contributed by atoms with Gasteiger partial charge in [0.1, 0.15) is 0 Å². The smallest absolute Gasteiger partial charge is 0.319 e. The molecule has 0 bridgehead atoms. The average molecular weight is 332 g/mol. The van der Waals surface area contributed by atoms with Crippen molar-refractivity contribution in [3.63, 3.8) is 0 Å². The fourth-order valence-corrected chi connectivity index (χ4v) is 3.08. The van der Waals surface area contributed by atoms with E-state index in [9.17, 15) is 4.79 Å². The van der Waals surface area contributed by atoms with Gasteiger partial charge >= 0.3 is 6.03 Å². The summed E-state index contributed by atoms with van der Waals surface area (Å²) in [5.74, 6) is 0.731. The molecular weight excluding hydrogens is 312 g/mol. The van der Waals surface area contributed by atoms with E-state index in [0.29, 0.717) is 13.1 Å². The molecule has 2 aromatic rings. The topological polar surface area (TPSA) is 82.2 Å². The second kappa shape index (κ2) is 7.77. The van der Waals surface area contributed by atoms with E-state index in [1.165, 1.54) is 24.2 Å². The number of carbonyl (C=O) groups excluding carboxylic acids is 1. The number of rotatable bonds is 6. The maximum atomic E-state index is 11.7. The van der Waals surface area contributed by atoms with Crippen LogP contribution in [0.4, 0.5) is 21.3 Å². The summed E-state index contributed by atoms with van der Waals surface area (Å²) in [4.78, 5) is 14.0. The quantitative estimate of drug-likeness (QED) is 0.708. The first-order valence-electron chi connectivity index (χ1n) is 7.71. The van der Waals surface area contributed by atoms with Crippen molar-refractivity contribution in [1.29, 1.82) is 0 Å². The van der Waals surface area contributed by atoms with Crippen molar-refractivity contribution in [2.75, 3.05) is 41.7 Å². The molecule has 0 radical (unpaired) electrons. The van der Waals surface area contributed by atoms with Crippen molar-refractivity contribution >= 4 is 33.9 Å². The summed E-state index contributed by atoms with van der Waals surface area (Å²) in [5, 5.41) is 19.6. The van der Waals surface area contributed by atoms with Gasteiger partial charge in [-0.3, -0.25) is 5.32 Å². The van der Waals surface area contributed by atoms with Gasteiger partial charge in [0.05, 0.1) is 16.9 Å². The van der Waals surface area contributed by atoms with Crippen LogP contribution in [0, 0.1) is 0 Å². The molecule has 23 heavy (non-hydrogen) atoms. The number of hydrogen-bond donors (Lipinski definition) is 3. The Morgan fingerprint density at radius 2 is 2.17 bits per heavy atom. The highest BCUT2D eigenvalue weighted by Gasteiger charge is 2.13. The average Bonchev–Trinajstić information content (AvgIpc) is 3.25. The summed E-state index contributed by atoms with van der Waals surface area (Å²) in [6.07, 6.45) is 4.26. The van der Waals surface area contributed by atoms with Gasteiger partial charge in [0.15, 0.2) is 5.82 Å². The largest absolute Gasteiger partial charge is 0.370 e. The molecule has 3 heterocycles. The van der Waals surface area contributed by atoms with Crippen LogP contribution in [0.3, 0.4) is 0 Å². The molecule has 0 unspecified atom stereocenters. The van der Waals surface area contributed by atoms with E-state index in [4.69, 9.17) is 0 Å². The number of carbonyl (C=O) groups is 1. The fraction of sp³-hybridized carbons (Fsp3) is 0.400. The lowest BCUT2D eigenvalue weighted by molar-refractivity contribution is 0.252. The van der Waals surface area contributed by atoms with Gasteiger partial charge in [-0.2, -0.15) is 5.10 Å². The molecule has 8 heteroatoms. The second-order valence-corrected chi connectivity index (χ2v) is 6.23. The minimum absolute atomic E-state index is 0.203. The Bertz CT molecular complexity index is 627. The number of hydrogen-bond acceptors (Lipinski definition) is 6. The molecule has 0 aliphatic carbocycles. The van der Waals surface area contributed by atoms with Crippen LogP contribution in [-0.4, -0.2) is 42.4 Å². The molecule has 7 nitrogen and oxygen atoms in total. The van der Waals surface area contributed by atoms with Crippen molar-refractivity contribution in [1.82, 2.24) is 15.5 Å². The zero-order valence-electron chi connectivity index (χ0n) is 12.8. The molecule has 122 valence electrons. The molecule has 1 aliphatic rings. The molecule has 0 spiro atoms. The number of aromatic nitrogens is 2. The highest BCUT2D eigenvalue weighted by Crippen LogP contribution is 2.20. The van der Waals surface area contributed by atoms with Gasteiger partial charge in [-0.25, -0.2) is 4.79 Å². The Labute approximate surface area is 139 Å². The zero-order valence-corrected chi connectivity index (χ0v) is 13.6. The molecule has 2 amide bonds. The van der Waals surface area contributed by atoms with Gasteiger partial charge in [0.25, 0.3) is 0 Å². The molecule has 0 aromatic carbocycles. The Morgan fingerprint density at radius 3 is 2.96 bits per heavy atom. The summed E-state index contributed by atoms with van der Waals surface area (Å²) in [7, 11) is 0. The molecule has 3 rings (SSSR count). The number of nitrogens with zero attached hydrogens (tertiary/aromatic N) is 3. The van der Waals surface area contributed by atoms with Crippen molar-refractivity contribution in [2.45, 2.75) is 12.8 Å². The fourth-order valence-electron chi connectivity index (χ4n) is 2.46. The number of thiophene rings is 1. The molecule has 2 aromatic heterocycles. The molecular formula is C15H20N6OS. The Balaban J connectivity index is 1.40. The summed E-state index contributed by atoms with van der Waals surface area (Å²) in [6.45, 7) is 3.26. The number of amides is 2. The third kappa shape index (κ3) is 4.56. The number of urea groups is 1. The van der Waals surface area contributed by atoms with Crippen LogP contribution >= 0.6 is 11.3 Å². The third-order valence-corrected chi connectivity index (χ3v) is 4.37. The molecule has 3 N–H and O–H groups in total. The molecule has 1 saturated heterocycles. The predicted molar refractivity (Wildman–Crippen MR) is 93.3 cm³/mol. The highest BCUT2D eigenvalue weighted by atomic mass is 32.1. The van der Waals surface area contributed by atoms with Crippen LogP contribution < -0.4 is 20.9 Å². The molecule has 0 saturated carbocycles. The van der Waals surface area contributed by atoms with E-state index in [1.807, 2.05) is 23.6 Å². The van der Waals surface area contributed by atoms with E-state index >= 15 is 0 Å². The first-order chi connectivity index (χ1) is 11.3. The van der Waals surface area contributed by atoms with E-state index in [2.05, 4.69) is 31.0 Å². The van der Waals surface area contributed by atoms with Gasteiger partial charge in [-0.05, 0) is 30.4 Å². The maximum absolute atomic E-state index is 11.7. The van der Waals surface area contributed by atoms with Crippen LogP contribution in [0.2, 0.25) is 0 Å². The number of nitrogens with one attached hydrogen (secondary N) is 3. The number of anilines is 3. The summed E-state index contributed by atoms with van der Waals surface area (Å²) in [6, 6.07) is 5.56. The van der Waals surface area contributed by atoms with Gasteiger partial charge in [-0.1, -0.05) is 0 Å². The van der Waals surface area contributed by atoms with Crippen molar-refractivity contribution in [2.24, 2.45) is 0 Å². The zero-order chi connectivity index (χ0) is 15.9. The highest BCUT2D eigenvalue weighted by molar-refractivity contribution is 7.14. The van der Waals surface area contributed by atoms with Crippen LogP contribution in [0.1, 0.15) is 12.8 Å². The lowest BCUT2D eigenvalue weighted by Crippen LogP contribution is -2.32. The van der Waals surface area contributed by atoms with Crippen LogP contribution in [0.5, 0.6) is 0 Å². The molecule has 1 aliphatic heterocycles. The lowest BCUT2D eigenvalue weighted by atomic mass is 10.4. The van der Waals surface area contributed by atoms with E-state index < -0.39 is 0 Å². The van der Waals surface area contributed by atoms with E-state index in [0.717, 1.165) is 29.6 Å². The van der Waals surface area contributed by atoms with Crippen molar-refractivity contribution in [3.8, 4) is 0 Å². The van der Waals surface area contributed by atoms with Gasteiger partial charge in [-0.15, -0.1) is 16.4 Å². The van der Waals surface area contributed by atoms with Crippen molar-refractivity contribution < 1.29 is 4.79 Å². The van der Waals surface area contributed by atoms with Gasteiger partial charge < -0.3 is 15.5 Å². The third-order valence-electron chi connectivity index (χ3n) is 3.59. The SMILES string of the molecule is O=C(NCCNc1cc(N2CCCC2)cnn1)Nc1cccs1. The van der Waals surface area contributed by atoms with Crippen LogP contribution in [0.25, 0.3) is 0 Å².